The first-order valence-corrected chi connectivity index (χ1v) is 11.5. The monoisotopic (exact) mass is 443 g/mol. The number of carbonyl (C=O) groups excluding carboxylic acids is 1. The van der Waals surface area contributed by atoms with E-state index >= 15 is 0 Å². The zero-order valence-electron chi connectivity index (χ0n) is 18.4. The highest BCUT2D eigenvalue weighted by Crippen LogP contribution is 2.29. The first-order valence-electron chi connectivity index (χ1n) is 10.5. The van der Waals surface area contributed by atoms with Crippen molar-refractivity contribution in [3.05, 3.63) is 77.5 Å². The van der Waals surface area contributed by atoms with Crippen LogP contribution in [0.5, 0.6) is 5.75 Å². The molecule has 0 radical (unpaired) electrons. The number of carbonyl (C=O) groups is 1. The van der Waals surface area contributed by atoms with Crippen LogP contribution >= 0.6 is 11.8 Å². The van der Waals surface area contributed by atoms with Gasteiger partial charge in [0.25, 0.3) is 0 Å². The summed E-state index contributed by atoms with van der Waals surface area (Å²) in [7, 11) is 0. The number of hydrogen-bond donors (Lipinski definition) is 1. The van der Waals surface area contributed by atoms with Crippen LogP contribution in [0.15, 0.2) is 70.7 Å². The Kier molecular flexibility index (Phi) is 6.71. The van der Waals surface area contributed by atoms with Crippen LogP contribution in [0.2, 0.25) is 0 Å². The van der Waals surface area contributed by atoms with E-state index in [9.17, 15) is 4.79 Å². The van der Waals surface area contributed by atoms with Crippen molar-refractivity contribution in [3.63, 3.8) is 0 Å². The molecule has 5 nitrogen and oxygen atoms in total. The minimum atomic E-state index is -0.167. The van der Waals surface area contributed by atoms with E-state index < -0.39 is 0 Å². The maximum Gasteiger partial charge on any atom is 0.250 e. The molecule has 4 rings (SSSR count). The Hall–Kier alpha value is -3.38. The average molecular weight is 444 g/mol. The molecule has 0 saturated carbocycles. The predicted octanol–water partition coefficient (Wildman–Crippen LogP) is 5.65. The van der Waals surface area contributed by atoms with Gasteiger partial charge < -0.3 is 4.74 Å². The van der Waals surface area contributed by atoms with Crippen molar-refractivity contribution in [2.75, 3.05) is 12.4 Å². The number of thioether (sulfide) groups is 1. The smallest absolute Gasteiger partial charge is 0.250 e. The molecule has 0 aliphatic rings. The second-order valence-corrected chi connectivity index (χ2v) is 8.46. The zero-order chi connectivity index (χ0) is 22.5. The molecule has 0 saturated heterocycles. The van der Waals surface area contributed by atoms with Crippen molar-refractivity contribution in [2.45, 2.75) is 25.7 Å². The van der Waals surface area contributed by atoms with Crippen LogP contribution in [0.4, 0.5) is 0 Å². The summed E-state index contributed by atoms with van der Waals surface area (Å²) in [6, 6.07) is 20.1. The molecule has 1 N–H and O–H groups in total. The minimum Gasteiger partial charge on any atom is -0.493 e. The van der Waals surface area contributed by atoms with Crippen LogP contribution in [0.3, 0.4) is 0 Å². The lowest BCUT2D eigenvalue weighted by Crippen LogP contribution is -2.19. The van der Waals surface area contributed by atoms with Crippen LogP contribution in [-0.2, 0) is 4.79 Å². The van der Waals surface area contributed by atoms with Crippen molar-refractivity contribution in [1.29, 1.82) is 0 Å². The van der Waals surface area contributed by atoms with Gasteiger partial charge in [-0.2, -0.15) is 5.10 Å². The lowest BCUT2D eigenvalue weighted by Gasteiger charge is -2.10. The van der Waals surface area contributed by atoms with E-state index in [0.29, 0.717) is 6.61 Å². The van der Waals surface area contributed by atoms with Gasteiger partial charge in [-0.05, 0) is 49.2 Å². The number of hydrogen-bond acceptors (Lipinski definition) is 5. The molecule has 0 unspecified atom stereocenters. The number of aryl methyl sites for hydroxylation is 2. The Morgan fingerprint density at radius 3 is 2.75 bits per heavy atom. The van der Waals surface area contributed by atoms with Crippen molar-refractivity contribution in [3.8, 4) is 5.75 Å². The van der Waals surface area contributed by atoms with Gasteiger partial charge in [0.05, 0.1) is 24.1 Å². The van der Waals surface area contributed by atoms with E-state index in [2.05, 4.69) is 28.5 Å². The third kappa shape index (κ3) is 4.75. The third-order valence-corrected chi connectivity index (χ3v) is 6.16. The van der Waals surface area contributed by atoms with Gasteiger partial charge in [-0.15, -0.1) is 11.8 Å². The fourth-order valence-corrected chi connectivity index (χ4v) is 4.56. The van der Waals surface area contributed by atoms with Crippen LogP contribution in [0.25, 0.3) is 21.7 Å². The molecule has 0 spiro atoms. The Bertz CT molecular complexity index is 1320. The Morgan fingerprint density at radius 2 is 1.91 bits per heavy atom. The normalized spacial score (nSPS) is 11.3. The summed E-state index contributed by atoms with van der Waals surface area (Å²) in [5.74, 6) is 0.838. The van der Waals surface area contributed by atoms with Gasteiger partial charge in [-0.25, -0.2) is 5.43 Å². The van der Waals surface area contributed by atoms with E-state index in [4.69, 9.17) is 4.74 Å². The topological polar surface area (TPSA) is 63.6 Å². The lowest BCUT2D eigenvalue weighted by atomic mass is 10.0. The SMILES string of the molecule is CCOc1ccc2ccccc2c1/C=N\NC(=O)CSc1cc(C)nc2c(C)cccc12. The molecule has 32 heavy (non-hydrogen) atoms. The lowest BCUT2D eigenvalue weighted by molar-refractivity contribution is -0.118. The van der Waals surface area contributed by atoms with Gasteiger partial charge in [0.15, 0.2) is 0 Å². The fourth-order valence-electron chi connectivity index (χ4n) is 3.64. The highest BCUT2D eigenvalue weighted by molar-refractivity contribution is 8.00. The van der Waals surface area contributed by atoms with Gasteiger partial charge in [-0.1, -0.05) is 48.5 Å². The van der Waals surface area contributed by atoms with Gasteiger partial charge in [0, 0.05) is 21.5 Å². The molecule has 4 aromatic rings. The van der Waals surface area contributed by atoms with E-state index in [0.717, 1.165) is 49.1 Å². The Labute approximate surface area is 191 Å². The number of fused-ring (bicyclic) bond motifs is 2. The third-order valence-electron chi connectivity index (χ3n) is 5.10. The van der Waals surface area contributed by atoms with E-state index in [1.807, 2.05) is 68.4 Å². The Morgan fingerprint density at radius 1 is 1.09 bits per heavy atom. The molecular formula is C26H25N3O2S. The second-order valence-electron chi connectivity index (χ2n) is 7.45. The van der Waals surface area contributed by atoms with Gasteiger partial charge in [0.2, 0.25) is 5.91 Å². The number of pyridine rings is 1. The molecule has 1 amide bonds. The molecule has 3 aromatic carbocycles. The van der Waals surface area contributed by atoms with Crippen LogP contribution in [0.1, 0.15) is 23.7 Å². The number of nitrogens with one attached hydrogen (secondary N) is 1. The molecule has 0 aliphatic heterocycles. The minimum absolute atomic E-state index is 0.167. The number of rotatable bonds is 7. The van der Waals surface area contributed by atoms with Crippen LogP contribution < -0.4 is 10.2 Å². The summed E-state index contributed by atoms with van der Waals surface area (Å²) in [4.78, 5) is 18.2. The average Bonchev–Trinajstić information content (AvgIpc) is 2.79. The number of nitrogens with zero attached hydrogens (tertiary/aromatic N) is 2. The summed E-state index contributed by atoms with van der Waals surface area (Å²) >= 11 is 1.49. The first-order chi connectivity index (χ1) is 15.6. The van der Waals surface area contributed by atoms with Crippen molar-refractivity contribution in [1.82, 2.24) is 10.4 Å². The van der Waals surface area contributed by atoms with E-state index in [1.54, 1.807) is 6.21 Å². The number of hydrazone groups is 1. The zero-order valence-corrected chi connectivity index (χ0v) is 19.2. The largest absolute Gasteiger partial charge is 0.493 e. The summed E-state index contributed by atoms with van der Waals surface area (Å²) in [6.45, 7) is 6.52. The number of aromatic nitrogens is 1. The summed E-state index contributed by atoms with van der Waals surface area (Å²) in [5.41, 5.74) is 6.54. The molecule has 1 heterocycles. The van der Waals surface area contributed by atoms with Crippen molar-refractivity contribution < 1.29 is 9.53 Å². The van der Waals surface area contributed by atoms with Gasteiger partial charge in [-0.3, -0.25) is 9.78 Å². The predicted molar refractivity (Wildman–Crippen MR) is 133 cm³/mol. The molecule has 1 aromatic heterocycles. The standard InChI is InChI=1S/C26H25N3O2S/c1-4-31-23-13-12-19-9-5-6-10-20(19)22(23)15-27-29-25(30)16-32-24-14-18(3)28-26-17(2)8-7-11-21(24)26/h5-15H,4,16H2,1-3H3,(H,29,30)/b27-15-. The van der Waals surface area contributed by atoms with Crippen molar-refractivity contribution in [2.24, 2.45) is 5.10 Å². The highest BCUT2D eigenvalue weighted by atomic mass is 32.2. The van der Waals surface area contributed by atoms with Gasteiger partial charge in [0.1, 0.15) is 5.75 Å². The molecule has 0 bridgehead atoms. The van der Waals surface area contributed by atoms with E-state index in [1.165, 1.54) is 11.8 Å². The Balaban J connectivity index is 1.48. The molecule has 0 aliphatic carbocycles. The maximum absolute atomic E-state index is 12.5. The van der Waals surface area contributed by atoms with E-state index in [-0.39, 0.29) is 11.7 Å². The quantitative estimate of drug-likeness (QED) is 0.228. The highest BCUT2D eigenvalue weighted by Gasteiger charge is 2.10. The van der Waals surface area contributed by atoms with Gasteiger partial charge >= 0.3 is 0 Å². The molecule has 162 valence electrons. The molecule has 0 fully saturated rings. The number of ether oxygens (including phenoxy) is 1. The maximum atomic E-state index is 12.5. The summed E-state index contributed by atoms with van der Waals surface area (Å²) in [6.07, 6.45) is 1.66. The molecule has 6 heteroatoms. The molecule has 0 atom stereocenters. The first kappa shape index (κ1) is 21.8. The van der Waals surface area contributed by atoms with Crippen molar-refractivity contribution >= 4 is 45.6 Å². The summed E-state index contributed by atoms with van der Waals surface area (Å²) in [5, 5.41) is 7.39. The number of benzene rings is 3. The molecular weight excluding hydrogens is 418 g/mol. The summed E-state index contributed by atoms with van der Waals surface area (Å²) < 4.78 is 5.76. The van der Waals surface area contributed by atoms with Crippen LogP contribution in [0, 0.1) is 13.8 Å². The fraction of sp³-hybridized carbons (Fsp3) is 0.192. The second kappa shape index (κ2) is 9.83. The van der Waals surface area contributed by atoms with Crippen LogP contribution in [-0.4, -0.2) is 29.5 Å². The number of amides is 1. The number of para-hydroxylation sites is 1.